The number of anilines is 1. The van der Waals surface area contributed by atoms with E-state index in [1.165, 1.54) is 35.2 Å². The van der Waals surface area contributed by atoms with Crippen LogP contribution in [0.2, 0.25) is 0 Å². The topological polar surface area (TPSA) is 58.6 Å². The molecule has 0 aliphatic carbocycles. The predicted molar refractivity (Wildman–Crippen MR) is 98.8 cm³/mol. The van der Waals surface area contributed by atoms with Crippen LogP contribution < -0.4 is 10.1 Å². The van der Waals surface area contributed by atoms with Gasteiger partial charge in [-0.05, 0) is 31.2 Å². The molecule has 0 unspecified atom stereocenters. The number of amides is 2. The number of para-hydroxylation sites is 2. The number of nitrogens with zero attached hydrogens (tertiary/aromatic N) is 1. The van der Waals surface area contributed by atoms with Crippen LogP contribution >= 0.6 is 0 Å². The average Bonchev–Trinajstić information content (AvgIpc) is 2.67. The van der Waals surface area contributed by atoms with Gasteiger partial charge in [-0.2, -0.15) is 13.2 Å². The molecule has 2 rings (SSSR count). The first kappa shape index (κ1) is 22.2. The minimum atomic E-state index is -4.62. The van der Waals surface area contributed by atoms with Gasteiger partial charge in [0, 0.05) is 6.54 Å². The molecule has 0 saturated carbocycles. The number of carbonyl (C=O) groups is 2. The Morgan fingerprint density at radius 3 is 2.38 bits per heavy atom. The van der Waals surface area contributed by atoms with Gasteiger partial charge in [0.2, 0.25) is 11.8 Å². The predicted octanol–water partition coefficient (Wildman–Crippen LogP) is 4.10. The SMILES string of the molecule is CCN(CC(=O)Nc1ccccc1C(F)(F)F)C(=O)CCOc1ccccc1F. The molecule has 0 radical (unpaired) electrons. The van der Waals surface area contributed by atoms with Crippen molar-refractivity contribution in [1.82, 2.24) is 4.90 Å². The second-order valence-corrected chi connectivity index (χ2v) is 6.03. The second-order valence-electron chi connectivity index (χ2n) is 6.03. The molecule has 0 fully saturated rings. The van der Waals surface area contributed by atoms with Crippen molar-refractivity contribution in [2.24, 2.45) is 0 Å². The fraction of sp³-hybridized carbons (Fsp3) is 0.300. The maximum Gasteiger partial charge on any atom is 0.418 e. The molecule has 2 aromatic carbocycles. The molecule has 0 aliphatic rings. The molecule has 0 heterocycles. The lowest BCUT2D eigenvalue weighted by molar-refractivity contribution is -0.137. The van der Waals surface area contributed by atoms with Crippen LogP contribution in [0.4, 0.5) is 23.2 Å². The second kappa shape index (κ2) is 9.90. The number of rotatable bonds is 8. The summed E-state index contributed by atoms with van der Waals surface area (Å²) in [4.78, 5) is 25.6. The minimum Gasteiger partial charge on any atom is -0.490 e. The molecular weight excluding hydrogens is 392 g/mol. The number of nitrogens with one attached hydrogen (secondary N) is 1. The summed E-state index contributed by atoms with van der Waals surface area (Å²) in [6.07, 6.45) is -4.73. The standard InChI is InChI=1S/C20H20F4N2O3/c1-2-26(19(28)11-12-29-17-10-6-4-8-15(17)21)13-18(27)25-16-9-5-3-7-14(16)20(22,23)24/h3-10H,2,11-13H2,1H3,(H,25,27). The van der Waals surface area contributed by atoms with E-state index in [-0.39, 0.29) is 31.0 Å². The number of likely N-dealkylation sites (N-methyl/N-ethyl adjacent to an activating group) is 1. The molecule has 0 saturated heterocycles. The molecule has 0 aromatic heterocycles. The Morgan fingerprint density at radius 1 is 1.07 bits per heavy atom. The van der Waals surface area contributed by atoms with E-state index in [1.54, 1.807) is 13.0 Å². The van der Waals surface area contributed by atoms with E-state index in [4.69, 9.17) is 4.74 Å². The molecule has 2 aromatic rings. The van der Waals surface area contributed by atoms with Crippen molar-refractivity contribution in [2.75, 3.05) is 25.0 Å². The van der Waals surface area contributed by atoms with E-state index in [0.29, 0.717) is 0 Å². The molecule has 5 nitrogen and oxygen atoms in total. The van der Waals surface area contributed by atoms with Gasteiger partial charge in [0.05, 0.1) is 30.8 Å². The van der Waals surface area contributed by atoms with Crippen LogP contribution in [0.5, 0.6) is 5.75 Å². The summed E-state index contributed by atoms with van der Waals surface area (Å²) in [6.45, 7) is 1.29. The van der Waals surface area contributed by atoms with Crippen molar-refractivity contribution < 1.29 is 31.9 Å². The summed E-state index contributed by atoms with van der Waals surface area (Å²) in [5, 5.41) is 2.19. The Kier molecular flexibility index (Phi) is 7.58. The van der Waals surface area contributed by atoms with Crippen LogP contribution in [0, 0.1) is 5.82 Å². The van der Waals surface area contributed by atoms with Crippen molar-refractivity contribution >= 4 is 17.5 Å². The average molecular weight is 412 g/mol. The van der Waals surface area contributed by atoms with Gasteiger partial charge in [-0.15, -0.1) is 0 Å². The zero-order valence-electron chi connectivity index (χ0n) is 15.6. The highest BCUT2D eigenvalue weighted by molar-refractivity contribution is 5.95. The van der Waals surface area contributed by atoms with Crippen LogP contribution in [0.1, 0.15) is 18.9 Å². The van der Waals surface area contributed by atoms with Gasteiger partial charge in [0.25, 0.3) is 0 Å². The molecule has 0 bridgehead atoms. The molecule has 1 N–H and O–H groups in total. The maximum absolute atomic E-state index is 13.5. The first-order valence-electron chi connectivity index (χ1n) is 8.83. The highest BCUT2D eigenvalue weighted by Gasteiger charge is 2.33. The van der Waals surface area contributed by atoms with Gasteiger partial charge < -0.3 is 15.0 Å². The first-order chi connectivity index (χ1) is 13.7. The normalized spacial score (nSPS) is 11.1. The third-order valence-electron chi connectivity index (χ3n) is 3.99. The van der Waals surface area contributed by atoms with Crippen molar-refractivity contribution in [3.8, 4) is 5.75 Å². The van der Waals surface area contributed by atoms with E-state index in [9.17, 15) is 27.2 Å². The third-order valence-corrected chi connectivity index (χ3v) is 3.99. The van der Waals surface area contributed by atoms with Crippen LogP contribution in [0.15, 0.2) is 48.5 Å². The van der Waals surface area contributed by atoms with Gasteiger partial charge in [-0.25, -0.2) is 4.39 Å². The van der Waals surface area contributed by atoms with Crippen molar-refractivity contribution in [1.29, 1.82) is 0 Å². The Balaban J connectivity index is 1.91. The number of benzene rings is 2. The number of halogens is 4. The zero-order valence-corrected chi connectivity index (χ0v) is 15.6. The van der Waals surface area contributed by atoms with Gasteiger partial charge in [0.15, 0.2) is 11.6 Å². The number of ether oxygens (including phenoxy) is 1. The fourth-order valence-electron chi connectivity index (χ4n) is 2.55. The lowest BCUT2D eigenvalue weighted by Gasteiger charge is -2.21. The molecule has 0 atom stereocenters. The number of hydrogen-bond acceptors (Lipinski definition) is 3. The smallest absolute Gasteiger partial charge is 0.418 e. The van der Waals surface area contributed by atoms with E-state index in [2.05, 4.69) is 5.32 Å². The highest BCUT2D eigenvalue weighted by atomic mass is 19.4. The van der Waals surface area contributed by atoms with E-state index < -0.39 is 35.9 Å². The van der Waals surface area contributed by atoms with Crippen LogP contribution in [-0.4, -0.2) is 36.4 Å². The summed E-state index contributed by atoms with van der Waals surface area (Å²) in [7, 11) is 0. The van der Waals surface area contributed by atoms with E-state index in [0.717, 1.165) is 12.1 Å². The summed E-state index contributed by atoms with van der Waals surface area (Å²) in [5.41, 5.74) is -1.35. The maximum atomic E-state index is 13.5. The van der Waals surface area contributed by atoms with Gasteiger partial charge in [-0.3, -0.25) is 9.59 Å². The van der Waals surface area contributed by atoms with Crippen LogP contribution in [-0.2, 0) is 15.8 Å². The minimum absolute atomic E-state index is 0.00449. The van der Waals surface area contributed by atoms with Gasteiger partial charge in [-0.1, -0.05) is 24.3 Å². The molecule has 9 heteroatoms. The number of carbonyl (C=O) groups excluding carboxylic acids is 2. The number of hydrogen-bond donors (Lipinski definition) is 1. The largest absolute Gasteiger partial charge is 0.490 e. The lowest BCUT2D eigenvalue weighted by atomic mass is 10.1. The monoisotopic (exact) mass is 412 g/mol. The fourth-order valence-corrected chi connectivity index (χ4v) is 2.55. The Labute approximate surface area is 165 Å². The summed E-state index contributed by atoms with van der Waals surface area (Å²) in [6, 6.07) is 10.3. The highest BCUT2D eigenvalue weighted by Crippen LogP contribution is 2.34. The molecule has 0 spiro atoms. The zero-order chi connectivity index (χ0) is 21.4. The van der Waals surface area contributed by atoms with E-state index >= 15 is 0 Å². The van der Waals surface area contributed by atoms with Crippen molar-refractivity contribution in [3.63, 3.8) is 0 Å². The molecule has 29 heavy (non-hydrogen) atoms. The molecule has 0 aliphatic heterocycles. The third kappa shape index (κ3) is 6.48. The Morgan fingerprint density at radius 2 is 1.72 bits per heavy atom. The Bertz CT molecular complexity index is 856. The van der Waals surface area contributed by atoms with Gasteiger partial charge >= 0.3 is 6.18 Å². The lowest BCUT2D eigenvalue weighted by Crippen LogP contribution is -2.38. The molecule has 156 valence electrons. The van der Waals surface area contributed by atoms with Crippen molar-refractivity contribution in [3.05, 3.63) is 59.9 Å². The van der Waals surface area contributed by atoms with E-state index in [1.807, 2.05) is 0 Å². The Hall–Kier alpha value is -3.10. The van der Waals surface area contributed by atoms with Crippen molar-refractivity contribution in [2.45, 2.75) is 19.5 Å². The molecule has 2 amide bonds. The molecular formula is C20H20F4N2O3. The summed E-state index contributed by atoms with van der Waals surface area (Å²) >= 11 is 0. The summed E-state index contributed by atoms with van der Waals surface area (Å²) in [5.74, 6) is -1.75. The number of alkyl halides is 3. The first-order valence-corrected chi connectivity index (χ1v) is 8.83. The van der Waals surface area contributed by atoms with Crippen LogP contribution in [0.3, 0.4) is 0 Å². The van der Waals surface area contributed by atoms with Crippen LogP contribution in [0.25, 0.3) is 0 Å². The van der Waals surface area contributed by atoms with Gasteiger partial charge in [0.1, 0.15) is 0 Å². The summed E-state index contributed by atoms with van der Waals surface area (Å²) < 4.78 is 57.7. The quantitative estimate of drug-likeness (QED) is 0.665.